The second-order valence-corrected chi connectivity index (χ2v) is 4.49. The Labute approximate surface area is 120 Å². The number of carbonyl (C=O) groups excluding carboxylic acids is 1. The fraction of sp³-hybridized carbons (Fsp3) is 0.0667. The van der Waals surface area contributed by atoms with Gasteiger partial charge in [-0.2, -0.15) is 10.4 Å². The van der Waals surface area contributed by atoms with E-state index in [2.05, 4.69) is 15.4 Å². The summed E-state index contributed by atoms with van der Waals surface area (Å²) >= 11 is 0. The van der Waals surface area contributed by atoms with Crippen molar-refractivity contribution in [2.24, 2.45) is 7.05 Å². The fourth-order valence-corrected chi connectivity index (χ4v) is 2.09. The average Bonchev–Trinajstić information content (AvgIpc) is 2.86. The number of hydrogen-bond acceptors (Lipinski definition) is 4. The molecule has 1 amide bonds. The van der Waals surface area contributed by atoms with Gasteiger partial charge in [-0.05, 0) is 18.2 Å². The number of nitriles is 1. The average molecular weight is 277 g/mol. The Hall–Kier alpha value is -3.20. The third-order valence-corrected chi connectivity index (χ3v) is 3.11. The SMILES string of the molecule is Cn1nc(C(=O)Nc2ccc(C#N)cn2)c2ccccc21. The van der Waals surface area contributed by atoms with Gasteiger partial charge >= 0.3 is 0 Å². The maximum absolute atomic E-state index is 12.3. The molecular weight excluding hydrogens is 266 g/mol. The summed E-state index contributed by atoms with van der Waals surface area (Å²) in [6, 6.07) is 12.7. The van der Waals surface area contributed by atoms with Gasteiger partial charge in [0.15, 0.2) is 5.69 Å². The predicted molar refractivity (Wildman–Crippen MR) is 77.6 cm³/mol. The largest absolute Gasteiger partial charge is 0.305 e. The number of rotatable bonds is 2. The van der Waals surface area contributed by atoms with E-state index in [-0.39, 0.29) is 5.91 Å². The molecule has 6 nitrogen and oxygen atoms in total. The van der Waals surface area contributed by atoms with Crippen molar-refractivity contribution in [3.63, 3.8) is 0 Å². The van der Waals surface area contributed by atoms with Crippen LogP contribution in [0.25, 0.3) is 10.9 Å². The molecule has 0 aliphatic carbocycles. The van der Waals surface area contributed by atoms with Gasteiger partial charge in [0.05, 0.1) is 11.1 Å². The van der Waals surface area contributed by atoms with Crippen LogP contribution in [0.3, 0.4) is 0 Å². The van der Waals surface area contributed by atoms with Gasteiger partial charge in [-0.25, -0.2) is 4.98 Å². The van der Waals surface area contributed by atoms with Crippen LogP contribution >= 0.6 is 0 Å². The third-order valence-electron chi connectivity index (χ3n) is 3.11. The molecule has 2 heterocycles. The molecule has 0 fully saturated rings. The number of amides is 1. The van der Waals surface area contributed by atoms with Gasteiger partial charge in [0.25, 0.3) is 5.91 Å². The summed E-state index contributed by atoms with van der Waals surface area (Å²) in [7, 11) is 1.79. The molecule has 0 saturated carbocycles. The Morgan fingerprint density at radius 3 is 2.81 bits per heavy atom. The van der Waals surface area contributed by atoms with Crippen LogP contribution in [0.15, 0.2) is 42.6 Å². The zero-order valence-corrected chi connectivity index (χ0v) is 11.2. The zero-order chi connectivity index (χ0) is 14.8. The second-order valence-electron chi connectivity index (χ2n) is 4.49. The van der Waals surface area contributed by atoms with Crippen molar-refractivity contribution in [1.29, 1.82) is 5.26 Å². The summed E-state index contributed by atoms with van der Waals surface area (Å²) in [4.78, 5) is 16.3. The molecule has 21 heavy (non-hydrogen) atoms. The number of nitrogens with zero attached hydrogens (tertiary/aromatic N) is 4. The Kier molecular flexibility index (Phi) is 3.09. The minimum atomic E-state index is -0.330. The number of hydrogen-bond donors (Lipinski definition) is 1. The lowest BCUT2D eigenvalue weighted by molar-refractivity contribution is 0.102. The van der Waals surface area contributed by atoms with E-state index in [1.165, 1.54) is 6.20 Å². The number of carbonyl (C=O) groups is 1. The number of pyridine rings is 1. The first-order valence-corrected chi connectivity index (χ1v) is 6.28. The quantitative estimate of drug-likeness (QED) is 0.777. The lowest BCUT2D eigenvalue weighted by atomic mass is 10.2. The van der Waals surface area contributed by atoms with Gasteiger partial charge in [0, 0.05) is 18.6 Å². The van der Waals surface area contributed by atoms with Gasteiger partial charge in [0.2, 0.25) is 0 Å². The Morgan fingerprint density at radius 1 is 1.29 bits per heavy atom. The maximum atomic E-state index is 12.3. The first kappa shape index (κ1) is 12.8. The van der Waals surface area contributed by atoms with Gasteiger partial charge in [-0.15, -0.1) is 0 Å². The predicted octanol–water partition coefficient (Wildman–Crippen LogP) is 2.09. The van der Waals surface area contributed by atoms with E-state index in [9.17, 15) is 4.79 Å². The molecule has 0 aliphatic rings. The number of benzene rings is 1. The van der Waals surface area contributed by atoms with Crippen molar-refractivity contribution < 1.29 is 4.79 Å². The first-order valence-electron chi connectivity index (χ1n) is 6.28. The zero-order valence-electron chi connectivity index (χ0n) is 11.2. The highest BCUT2D eigenvalue weighted by atomic mass is 16.2. The van der Waals surface area contributed by atoms with Gasteiger partial charge in [-0.3, -0.25) is 9.48 Å². The van der Waals surface area contributed by atoms with E-state index >= 15 is 0 Å². The molecule has 1 aromatic carbocycles. The number of para-hydroxylation sites is 1. The van der Waals surface area contributed by atoms with Crippen LogP contribution in [-0.2, 0) is 7.05 Å². The first-order chi connectivity index (χ1) is 10.2. The number of aryl methyl sites for hydroxylation is 1. The highest BCUT2D eigenvalue weighted by Crippen LogP contribution is 2.18. The summed E-state index contributed by atoms with van der Waals surface area (Å²) in [5, 5.41) is 16.4. The fourth-order valence-electron chi connectivity index (χ4n) is 2.09. The summed E-state index contributed by atoms with van der Waals surface area (Å²) < 4.78 is 1.66. The number of anilines is 1. The van der Waals surface area contributed by atoms with Crippen LogP contribution in [0, 0.1) is 11.3 Å². The number of nitrogens with one attached hydrogen (secondary N) is 1. The van der Waals surface area contributed by atoms with E-state index < -0.39 is 0 Å². The second kappa shape index (κ2) is 5.06. The van der Waals surface area contributed by atoms with E-state index in [0.717, 1.165) is 10.9 Å². The van der Waals surface area contributed by atoms with Crippen molar-refractivity contribution in [1.82, 2.24) is 14.8 Å². The summed E-state index contributed by atoms with van der Waals surface area (Å²) in [5.74, 6) is 0.0535. The highest BCUT2D eigenvalue weighted by molar-refractivity contribution is 6.10. The molecule has 0 unspecified atom stereocenters. The Morgan fingerprint density at radius 2 is 2.10 bits per heavy atom. The van der Waals surface area contributed by atoms with Crippen LogP contribution in [-0.4, -0.2) is 20.7 Å². The molecule has 0 bridgehead atoms. The Balaban J connectivity index is 1.92. The smallest absolute Gasteiger partial charge is 0.277 e. The monoisotopic (exact) mass is 277 g/mol. The third kappa shape index (κ3) is 2.32. The Bertz CT molecular complexity index is 858. The topological polar surface area (TPSA) is 83.6 Å². The molecule has 0 aliphatic heterocycles. The standard InChI is InChI=1S/C15H11N5O/c1-20-12-5-3-2-4-11(12)14(19-20)15(21)18-13-7-6-10(8-16)9-17-13/h2-7,9H,1H3,(H,17,18,21). The number of aromatic nitrogens is 3. The molecule has 102 valence electrons. The van der Waals surface area contributed by atoms with Crippen molar-refractivity contribution in [3.8, 4) is 6.07 Å². The number of fused-ring (bicyclic) bond motifs is 1. The highest BCUT2D eigenvalue weighted by Gasteiger charge is 2.16. The van der Waals surface area contributed by atoms with E-state index in [1.807, 2.05) is 30.3 Å². The molecule has 0 spiro atoms. The normalized spacial score (nSPS) is 10.3. The van der Waals surface area contributed by atoms with Crippen LogP contribution in [0.1, 0.15) is 16.1 Å². The van der Waals surface area contributed by atoms with Gasteiger partial charge in [-0.1, -0.05) is 18.2 Å². The molecule has 6 heteroatoms. The minimum absolute atomic E-state index is 0.330. The summed E-state index contributed by atoms with van der Waals surface area (Å²) in [6.07, 6.45) is 1.41. The van der Waals surface area contributed by atoms with Crippen LogP contribution in [0.2, 0.25) is 0 Å². The van der Waals surface area contributed by atoms with Crippen LogP contribution < -0.4 is 5.32 Å². The van der Waals surface area contributed by atoms with Crippen LogP contribution in [0.5, 0.6) is 0 Å². The molecule has 2 aromatic heterocycles. The summed E-state index contributed by atoms with van der Waals surface area (Å²) in [6.45, 7) is 0. The van der Waals surface area contributed by atoms with Crippen molar-refractivity contribution in [2.75, 3.05) is 5.32 Å². The van der Waals surface area contributed by atoms with Crippen molar-refractivity contribution >= 4 is 22.6 Å². The molecule has 0 saturated heterocycles. The summed E-state index contributed by atoms with van der Waals surface area (Å²) in [5.41, 5.74) is 1.67. The minimum Gasteiger partial charge on any atom is -0.305 e. The molecular formula is C15H11N5O. The van der Waals surface area contributed by atoms with Crippen molar-refractivity contribution in [3.05, 3.63) is 53.9 Å². The van der Waals surface area contributed by atoms with E-state index in [0.29, 0.717) is 17.1 Å². The molecule has 1 N–H and O–H groups in total. The molecule has 3 rings (SSSR count). The van der Waals surface area contributed by atoms with Gasteiger partial charge in [0.1, 0.15) is 11.9 Å². The molecule has 0 radical (unpaired) electrons. The lowest BCUT2D eigenvalue weighted by Crippen LogP contribution is -2.14. The lowest BCUT2D eigenvalue weighted by Gasteiger charge is -2.02. The maximum Gasteiger partial charge on any atom is 0.277 e. The molecule has 0 atom stereocenters. The van der Waals surface area contributed by atoms with Crippen LogP contribution in [0.4, 0.5) is 5.82 Å². The van der Waals surface area contributed by atoms with Crippen molar-refractivity contribution in [2.45, 2.75) is 0 Å². The van der Waals surface area contributed by atoms with E-state index in [4.69, 9.17) is 5.26 Å². The van der Waals surface area contributed by atoms with E-state index in [1.54, 1.807) is 23.9 Å². The van der Waals surface area contributed by atoms with Gasteiger partial charge < -0.3 is 5.32 Å². The molecule has 3 aromatic rings.